The van der Waals surface area contributed by atoms with Gasteiger partial charge in [-0.25, -0.2) is 9.36 Å². The van der Waals surface area contributed by atoms with Crippen LogP contribution >= 0.6 is 31.0 Å². The molecule has 1 aromatic rings. The molecule has 0 aromatic carbocycles. The van der Waals surface area contributed by atoms with E-state index in [1.54, 1.807) is 18.8 Å². The molecule has 1 N–H and O–H groups in total. The fourth-order valence-corrected chi connectivity index (χ4v) is 4.96. The predicted octanol–water partition coefficient (Wildman–Crippen LogP) is 1.70. The van der Waals surface area contributed by atoms with Gasteiger partial charge in [-0.3, -0.25) is 27.9 Å². The molecule has 3 rings (SSSR count). The van der Waals surface area contributed by atoms with Gasteiger partial charge >= 0.3 is 13.5 Å². The molecule has 13 heteroatoms. The van der Waals surface area contributed by atoms with Gasteiger partial charge in [0.05, 0.1) is 18.9 Å². The van der Waals surface area contributed by atoms with Crippen LogP contribution < -0.4 is 11.2 Å². The van der Waals surface area contributed by atoms with Crippen molar-refractivity contribution in [3.63, 3.8) is 0 Å². The summed E-state index contributed by atoms with van der Waals surface area (Å²) < 4.78 is 47.8. The van der Waals surface area contributed by atoms with Crippen molar-refractivity contribution in [1.29, 1.82) is 0 Å². The molecular weight excluding hydrogens is 405 g/mol. The lowest BCUT2D eigenvalue weighted by atomic mass is 10.1. The van der Waals surface area contributed by atoms with Crippen LogP contribution in [0.15, 0.2) is 15.8 Å². The van der Waals surface area contributed by atoms with Crippen molar-refractivity contribution in [1.82, 2.24) is 9.55 Å². The SMILES string of the molecule is CC(C)OP1(=O)OCC2OC(n3cc(F)c(=O)[nH]c3=O)C(Cl)C2(Cl)O1. The number of phosphoric ester groups is 1. The first-order valence-electron chi connectivity index (χ1n) is 7.19. The van der Waals surface area contributed by atoms with Crippen molar-refractivity contribution in [2.24, 2.45) is 0 Å². The summed E-state index contributed by atoms with van der Waals surface area (Å²) in [6, 6.07) is 0. The Labute approximate surface area is 150 Å². The summed E-state index contributed by atoms with van der Waals surface area (Å²) in [7, 11) is -4.01. The first kappa shape index (κ1) is 19.0. The third-order valence-electron chi connectivity index (χ3n) is 3.54. The number of ether oxygens (including phenoxy) is 1. The van der Waals surface area contributed by atoms with Gasteiger partial charge in [0.15, 0.2) is 6.23 Å². The van der Waals surface area contributed by atoms with E-state index in [-0.39, 0.29) is 6.61 Å². The van der Waals surface area contributed by atoms with E-state index in [1.807, 2.05) is 0 Å². The number of hydrogen-bond acceptors (Lipinski definition) is 7. The molecule has 0 saturated carbocycles. The highest BCUT2D eigenvalue weighted by molar-refractivity contribution is 7.48. The van der Waals surface area contributed by atoms with Crippen LogP contribution in [-0.2, 0) is 22.9 Å². The number of nitrogens with zero attached hydrogens (tertiary/aromatic N) is 1. The molecule has 5 atom stereocenters. The zero-order chi connectivity index (χ0) is 18.6. The number of nitrogens with one attached hydrogen (secondary N) is 1. The molecule has 2 aliphatic rings. The molecule has 2 fully saturated rings. The topological polar surface area (TPSA) is 109 Å². The van der Waals surface area contributed by atoms with E-state index >= 15 is 0 Å². The maximum absolute atomic E-state index is 13.5. The highest BCUT2D eigenvalue weighted by Gasteiger charge is 2.64. The number of alkyl halides is 2. The summed E-state index contributed by atoms with van der Waals surface area (Å²) in [5, 5.41) is -3.11. The molecule has 25 heavy (non-hydrogen) atoms. The maximum Gasteiger partial charge on any atom is 0.477 e. The summed E-state index contributed by atoms with van der Waals surface area (Å²) in [4.78, 5) is 24.8. The molecule has 0 aliphatic carbocycles. The minimum Gasteiger partial charge on any atom is -0.346 e. The van der Waals surface area contributed by atoms with Gasteiger partial charge in [-0.1, -0.05) is 11.6 Å². The predicted molar refractivity (Wildman–Crippen MR) is 84.3 cm³/mol. The Morgan fingerprint density at radius 3 is 2.84 bits per heavy atom. The second-order valence-electron chi connectivity index (χ2n) is 5.75. The van der Waals surface area contributed by atoms with Crippen molar-refractivity contribution in [3.05, 3.63) is 32.9 Å². The van der Waals surface area contributed by atoms with E-state index < -0.39 is 53.8 Å². The zero-order valence-electron chi connectivity index (χ0n) is 13.0. The van der Waals surface area contributed by atoms with Crippen molar-refractivity contribution < 1.29 is 27.3 Å². The van der Waals surface area contributed by atoms with Crippen molar-refractivity contribution in [2.45, 2.75) is 42.7 Å². The lowest BCUT2D eigenvalue weighted by molar-refractivity contribution is -0.0874. The third-order valence-corrected chi connectivity index (χ3v) is 6.53. The van der Waals surface area contributed by atoms with Crippen LogP contribution in [0.5, 0.6) is 0 Å². The maximum atomic E-state index is 13.5. The van der Waals surface area contributed by atoms with E-state index in [9.17, 15) is 18.5 Å². The molecule has 140 valence electrons. The van der Waals surface area contributed by atoms with Crippen molar-refractivity contribution in [3.8, 4) is 0 Å². The lowest BCUT2D eigenvalue weighted by Crippen LogP contribution is -2.47. The molecule has 2 aliphatic heterocycles. The van der Waals surface area contributed by atoms with E-state index in [2.05, 4.69) is 0 Å². The number of fused-ring (bicyclic) bond motifs is 1. The van der Waals surface area contributed by atoms with E-state index in [4.69, 9.17) is 41.5 Å². The van der Waals surface area contributed by atoms with Gasteiger partial charge in [-0.05, 0) is 13.8 Å². The Hall–Kier alpha value is -0.740. The largest absolute Gasteiger partial charge is 0.477 e. The van der Waals surface area contributed by atoms with Crippen LogP contribution in [0.1, 0.15) is 20.1 Å². The van der Waals surface area contributed by atoms with Crippen LogP contribution in [0.25, 0.3) is 0 Å². The second-order valence-corrected chi connectivity index (χ2v) is 8.35. The summed E-state index contributed by atoms with van der Waals surface area (Å²) >= 11 is 12.6. The number of rotatable bonds is 3. The highest BCUT2D eigenvalue weighted by Crippen LogP contribution is 2.63. The molecule has 0 spiro atoms. The van der Waals surface area contributed by atoms with Gasteiger partial charge in [-0.2, -0.15) is 4.39 Å². The molecule has 5 unspecified atom stereocenters. The fourth-order valence-electron chi connectivity index (χ4n) is 2.49. The van der Waals surface area contributed by atoms with Crippen molar-refractivity contribution in [2.75, 3.05) is 6.61 Å². The summed E-state index contributed by atoms with van der Waals surface area (Å²) in [6.07, 6.45) is -2.15. The standard InChI is InChI=1S/C12H14Cl2FN2O7P/c1-5(2)23-25(20)21-4-7-12(14,24-25)8(13)10(22-7)17-3-6(15)9(18)16-11(17)19/h3,5,7-8,10H,4H2,1-2H3,(H,16,18,19). The van der Waals surface area contributed by atoms with Crippen LogP contribution in [0.3, 0.4) is 0 Å². The minimum atomic E-state index is -4.01. The number of phosphoric acid groups is 1. The normalized spacial score (nSPS) is 38.1. The van der Waals surface area contributed by atoms with Crippen LogP contribution in [0.4, 0.5) is 4.39 Å². The second kappa shape index (κ2) is 6.45. The summed E-state index contributed by atoms with van der Waals surface area (Å²) in [5.74, 6) is -1.21. The Balaban J connectivity index is 1.94. The van der Waals surface area contributed by atoms with Gasteiger partial charge in [0, 0.05) is 0 Å². The van der Waals surface area contributed by atoms with E-state index in [0.29, 0.717) is 6.20 Å². The number of aromatic nitrogens is 2. The third kappa shape index (κ3) is 3.32. The molecular formula is C12H14Cl2FN2O7P. The molecule has 0 bridgehead atoms. The van der Waals surface area contributed by atoms with Crippen LogP contribution in [0, 0.1) is 5.82 Å². The van der Waals surface area contributed by atoms with Gasteiger partial charge in [0.1, 0.15) is 11.5 Å². The van der Waals surface area contributed by atoms with Gasteiger partial charge in [0.25, 0.3) is 5.56 Å². The lowest BCUT2D eigenvalue weighted by Gasteiger charge is -2.37. The summed E-state index contributed by atoms with van der Waals surface area (Å²) in [6.45, 7) is 2.95. The monoisotopic (exact) mass is 418 g/mol. The first-order valence-corrected chi connectivity index (χ1v) is 9.46. The van der Waals surface area contributed by atoms with Crippen LogP contribution in [0.2, 0.25) is 0 Å². The van der Waals surface area contributed by atoms with Crippen LogP contribution in [-0.4, -0.2) is 38.8 Å². The van der Waals surface area contributed by atoms with Gasteiger partial charge in [0.2, 0.25) is 10.9 Å². The zero-order valence-corrected chi connectivity index (χ0v) is 15.4. The molecule has 3 heterocycles. The number of H-pyrrole nitrogens is 1. The number of hydrogen-bond donors (Lipinski definition) is 1. The molecule has 9 nitrogen and oxygen atoms in total. The Morgan fingerprint density at radius 1 is 1.52 bits per heavy atom. The Bertz CT molecular complexity index is 845. The highest BCUT2D eigenvalue weighted by atomic mass is 35.5. The molecule has 1 aromatic heterocycles. The summed E-state index contributed by atoms with van der Waals surface area (Å²) in [5.41, 5.74) is -2.14. The number of aromatic amines is 1. The minimum absolute atomic E-state index is 0.284. The fraction of sp³-hybridized carbons (Fsp3) is 0.667. The van der Waals surface area contributed by atoms with Gasteiger partial charge < -0.3 is 4.74 Å². The van der Waals surface area contributed by atoms with Gasteiger partial charge in [-0.15, -0.1) is 11.6 Å². The molecule has 2 saturated heterocycles. The molecule has 0 amide bonds. The van der Waals surface area contributed by atoms with E-state index in [1.165, 1.54) is 0 Å². The quantitative estimate of drug-likeness (QED) is 0.587. The average molecular weight is 419 g/mol. The average Bonchev–Trinajstić information content (AvgIpc) is 2.73. The first-order chi connectivity index (χ1) is 11.6. The smallest absolute Gasteiger partial charge is 0.346 e. The van der Waals surface area contributed by atoms with Crippen molar-refractivity contribution >= 4 is 31.0 Å². The Morgan fingerprint density at radius 2 is 2.20 bits per heavy atom. The number of halogens is 3. The Kier molecular flexibility index (Phi) is 4.91. The van der Waals surface area contributed by atoms with E-state index in [0.717, 1.165) is 4.57 Å². The molecule has 0 radical (unpaired) electrons.